The minimum atomic E-state index is -3.56. The first-order valence-corrected chi connectivity index (χ1v) is 12.8. The van der Waals surface area contributed by atoms with Gasteiger partial charge >= 0.3 is 0 Å². The molecule has 1 aliphatic carbocycles. The molecular weight excluding hydrogens is 458 g/mol. The van der Waals surface area contributed by atoms with Crippen molar-refractivity contribution in [2.45, 2.75) is 38.9 Å². The number of carbonyl (C=O) groups is 2. The van der Waals surface area contributed by atoms with Crippen molar-refractivity contribution in [1.82, 2.24) is 19.5 Å². The fourth-order valence-electron chi connectivity index (χ4n) is 4.58. The predicted molar refractivity (Wildman–Crippen MR) is 126 cm³/mol. The topological polar surface area (TPSA) is 166 Å². The maximum absolute atomic E-state index is 13.4. The number of nitrogens with zero attached hydrogens (tertiary/aromatic N) is 4. The van der Waals surface area contributed by atoms with Crippen molar-refractivity contribution in [3.63, 3.8) is 0 Å². The lowest BCUT2D eigenvalue weighted by Gasteiger charge is -2.23. The standard InChI is InChI=1S/C22H25N7O4S/c1-11(12-3-4-12)28-9-14-7-13(8-17(15(14)10-28)27-34(2,32)33)19(30)16-5-6-29-22(25-16)18(21(24)31)20(23)26-29/h5-8,11-12,27H,3-4,9-10H2,1-2H3,(H2,23,26)(H2,24,31)/t11-/m0/s1. The van der Waals surface area contributed by atoms with E-state index in [-0.39, 0.29) is 28.3 Å². The Kier molecular flexibility index (Phi) is 5.10. The Hall–Kier alpha value is -3.51. The van der Waals surface area contributed by atoms with E-state index in [1.54, 1.807) is 12.1 Å². The number of nitrogens with one attached hydrogen (secondary N) is 1. The van der Waals surface area contributed by atoms with Crippen molar-refractivity contribution in [1.29, 1.82) is 0 Å². The highest BCUT2D eigenvalue weighted by Gasteiger charge is 2.36. The minimum absolute atomic E-state index is 0.0568. The van der Waals surface area contributed by atoms with Gasteiger partial charge in [-0.3, -0.25) is 19.2 Å². The van der Waals surface area contributed by atoms with Crippen molar-refractivity contribution >= 4 is 38.9 Å². The Morgan fingerprint density at radius 3 is 2.62 bits per heavy atom. The van der Waals surface area contributed by atoms with E-state index in [1.165, 1.54) is 29.6 Å². The zero-order valence-corrected chi connectivity index (χ0v) is 19.6. The first-order chi connectivity index (χ1) is 16.0. The number of rotatable bonds is 7. The van der Waals surface area contributed by atoms with Gasteiger partial charge in [0.05, 0.1) is 11.9 Å². The van der Waals surface area contributed by atoms with E-state index in [9.17, 15) is 18.0 Å². The Morgan fingerprint density at radius 2 is 1.97 bits per heavy atom. The monoisotopic (exact) mass is 483 g/mol. The van der Waals surface area contributed by atoms with Gasteiger partial charge in [-0.05, 0) is 55.0 Å². The van der Waals surface area contributed by atoms with Crippen LogP contribution < -0.4 is 16.2 Å². The molecule has 1 aliphatic heterocycles. The number of nitrogens with two attached hydrogens (primary N) is 2. The van der Waals surface area contributed by atoms with Gasteiger partial charge in [-0.2, -0.15) is 0 Å². The average molecular weight is 484 g/mol. The van der Waals surface area contributed by atoms with E-state index in [0.717, 1.165) is 17.4 Å². The molecule has 5 rings (SSSR count). The number of hydrogen-bond acceptors (Lipinski definition) is 8. The Bertz CT molecular complexity index is 1460. The third kappa shape index (κ3) is 3.99. The van der Waals surface area contributed by atoms with E-state index in [1.807, 2.05) is 0 Å². The van der Waals surface area contributed by atoms with Crippen molar-refractivity contribution in [2.75, 3.05) is 16.7 Å². The molecular formula is C22H25N7O4S. The number of fused-ring (bicyclic) bond motifs is 2. The Morgan fingerprint density at radius 1 is 1.24 bits per heavy atom. The quantitative estimate of drug-likeness (QED) is 0.421. The van der Waals surface area contributed by atoms with E-state index in [4.69, 9.17) is 11.5 Å². The molecule has 178 valence electrons. The third-order valence-electron chi connectivity index (χ3n) is 6.51. The van der Waals surface area contributed by atoms with Gasteiger partial charge < -0.3 is 11.5 Å². The highest BCUT2D eigenvalue weighted by Crippen LogP contribution is 2.40. The van der Waals surface area contributed by atoms with Gasteiger partial charge in [0, 0.05) is 30.9 Å². The van der Waals surface area contributed by atoms with Crippen LogP contribution in [-0.4, -0.2) is 51.9 Å². The van der Waals surface area contributed by atoms with Crippen LogP contribution in [0, 0.1) is 5.92 Å². The second kappa shape index (κ2) is 7.77. The van der Waals surface area contributed by atoms with E-state index >= 15 is 0 Å². The molecule has 1 saturated carbocycles. The SMILES string of the molecule is C[C@@H](C1CC1)N1Cc2cc(C(=O)c3ccn4nc(N)c(C(N)=O)c4n3)cc(NS(C)(=O)=O)c2C1. The average Bonchev–Trinajstić information content (AvgIpc) is 3.41. The summed E-state index contributed by atoms with van der Waals surface area (Å²) in [4.78, 5) is 31.8. The summed E-state index contributed by atoms with van der Waals surface area (Å²) in [5.41, 5.74) is 13.7. The zero-order valence-electron chi connectivity index (χ0n) is 18.8. The maximum atomic E-state index is 13.4. The number of sulfonamides is 1. The summed E-state index contributed by atoms with van der Waals surface area (Å²) in [6, 6.07) is 5.17. The number of aromatic nitrogens is 3. The molecule has 0 bridgehead atoms. The lowest BCUT2D eigenvalue weighted by molar-refractivity contribution is 0.0999. The highest BCUT2D eigenvalue weighted by atomic mass is 32.2. The molecule has 0 saturated heterocycles. The van der Waals surface area contributed by atoms with Gasteiger partial charge in [-0.1, -0.05) is 0 Å². The van der Waals surface area contributed by atoms with E-state index < -0.39 is 21.7 Å². The number of nitrogen functional groups attached to an aromatic ring is 1. The molecule has 0 radical (unpaired) electrons. The van der Waals surface area contributed by atoms with Gasteiger partial charge in [-0.15, -0.1) is 5.10 Å². The smallest absolute Gasteiger partial charge is 0.256 e. The fourth-order valence-corrected chi connectivity index (χ4v) is 5.16. The Labute approximate surface area is 196 Å². The minimum Gasteiger partial charge on any atom is -0.381 e. The summed E-state index contributed by atoms with van der Waals surface area (Å²) in [7, 11) is -3.56. The van der Waals surface area contributed by atoms with Crippen LogP contribution in [-0.2, 0) is 23.1 Å². The second-order valence-corrected chi connectivity index (χ2v) is 10.8. The van der Waals surface area contributed by atoms with Gasteiger partial charge in [0.2, 0.25) is 15.8 Å². The number of carbonyl (C=O) groups excluding carboxylic acids is 2. The van der Waals surface area contributed by atoms with Crippen LogP contribution in [0.1, 0.15) is 57.3 Å². The molecule has 2 aromatic heterocycles. The number of hydrogen-bond donors (Lipinski definition) is 3. The van der Waals surface area contributed by atoms with Gasteiger partial charge in [0.25, 0.3) is 5.91 Å². The Balaban J connectivity index is 1.55. The van der Waals surface area contributed by atoms with Gasteiger partial charge in [0.1, 0.15) is 11.3 Å². The molecule has 2 aliphatic rings. The first-order valence-electron chi connectivity index (χ1n) is 10.9. The van der Waals surface area contributed by atoms with Gasteiger partial charge in [-0.25, -0.2) is 17.9 Å². The van der Waals surface area contributed by atoms with Crippen LogP contribution in [0.3, 0.4) is 0 Å². The van der Waals surface area contributed by atoms with Crippen LogP contribution in [0.25, 0.3) is 5.65 Å². The lowest BCUT2D eigenvalue weighted by Crippen LogP contribution is -2.29. The van der Waals surface area contributed by atoms with Crippen LogP contribution in [0.4, 0.5) is 11.5 Å². The third-order valence-corrected chi connectivity index (χ3v) is 7.10. The van der Waals surface area contributed by atoms with Gasteiger partial charge in [0.15, 0.2) is 11.5 Å². The molecule has 3 aromatic rings. The molecule has 0 unspecified atom stereocenters. The van der Waals surface area contributed by atoms with Crippen molar-refractivity contribution in [3.05, 3.63) is 52.3 Å². The number of primary amides is 1. The largest absolute Gasteiger partial charge is 0.381 e. The summed E-state index contributed by atoms with van der Waals surface area (Å²) in [5.74, 6) is -0.649. The number of anilines is 2. The zero-order chi connectivity index (χ0) is 24.4. The molecule has 12 heteroatoms. The molecule has 11 nitrogen and oxygen atoms in total. The summed E-state index contributed by atoms with van der Waals surface area (Å²) in [6.07, 6.45) is 4.96. The molecule has 1 atom stereocenters. The highest BCUT2D eigenvalue weighted by molar-refractivity contribution is 7.92. The van der Waals surface area contributed by atoms with Crippen LogP contribution in [0.15, 0.2) is 24.4 Å². The molecule has 5 N–H and O–H groups in total. The predicted octanol–water partition coefficient (Wildman–Crippen LogP) is 1.13. The maximum Gasteiger partial charge on any atom is 0.256 e. The second-order valence-electron chi connectivity index (χ2n) is 9.05. The molecule has 1 aromatic carbocycles. The fraction of sp³-hybridized carbons (Fsp3) is 0.364. The number of ketones is 1. The van der Waals surface area contributed by atoms with Crippen molar-refractivity contribution in [3.8, 4) is 0 Å². The summed E-state index contributed by atoms with van der Waals surface area (Å²) >= 11 is 0. The summed E-state index contributed by atoms with van der Waals surface area (Å²) < 4.78 is 27.9. The summed E-state index contributed by atoms with van der Waals surface area (Å²) in [6.45, 7) is 3.43. The number of amides is 1. The molecule has 0 spiro atoms. The van der Waals surface area contributed by atoms with Crippen molar-refractivity contribution < 1.29 is 18.0 Å². The van der Waals surface area contributed by atoms with E-state index in [0.29, 0.717) is 30.7 Å². The number of benzene rings is 1. The van der Waals surface area contributed by atoms with E-state index in [2.05, 4.69) is 26.6 Å². The molecule has 1 amide bonds. The molecule has 1 fully saturated rings. The van der Waals surface area contributed by atoms with Crippen LogP contribution in [0.5, 0.6) is 0 Å². The normalized spacial score (nSPS) is 17.0. The summed E-state index contributed by atoms with van der Waals surface area (Å²) in [5, 5.41) is 3.99. The first kappa shape index (κ1) is 22.3. The van der Waals surface area contributed by atoms with Crippen LogP contribution >= 0.6 is 0 Å². The molecule has 3 heterocycles. The van der Waals surface area contributed by atoms with Crippen molar-refractivity contribution in [2.24, 2.45) is 11.7 Å². The molecule has 34 heavy (non-hydrogen) atoms. The van der Waals surface area contributed by atoms with Crippen LogP contribution in [0.2, 0.25) is 0 Å². The lowest BCUT2D eigenvalue weighted by atomic mass is 10.00.